The van der Waals surface area contributed by atoms with Crippen LogP contribution in [0.1, 0.15) is 19.5 Å². The van der Waals surface area contributed by atoms with Crippen LogP contribution < -0.4 is 5.73 Å². The summed E-state index contributed by atoms with van der Waals surface area (Å²) >= 11 is 0. The van der Waals surface area contributed by atoms with Crippen molar-refractivity contribution in [3.05, 3.63) is 54.5 Å². The minimum absolute atomic E-state index is 0.260. The zero-order chi connectivity index (χ0) is 16.7. The van der Waals surface area contributed by atoms with Gasteiger partial charge in [0.1, 0.15) is 6.33 Å². The van der Waals surface area contributed by atoms with Crippen LogP contribution in [-0.4, -0.2) is 26.7 Å². The summed E-state index contributed by atoms with van der Waals surface area (Å²) in [7, 11) is 0. The SMILES string of the molecule is CC(C)(CN)c1ncnc2n[nH]c(-c3cccc4ccccc34)c12. The van der Waals surface area contributed by atoms with Gasteiger partial charge in [0.05, 0.1) is 16.8 Å². The van der Waals surface area contributed by atoms with E-state index in [9.17, 15) is 0 Å². The van der Waals surface area contributed by atoms with Gasteiger partial charge in [-0.2, -0.15) is 5.10 Å². The molecule has 3 N–H and O–H groups in total. The molecule has 2 heterocycles. The maximum Gasteiger partial charge on any atom is 0.184 e. The number of aromatic amines is 1. The van der Waals surface area contributed by atoms with Crippen LogP contribution in [0.3, 0.4) is 0 Å². The Balaban J connectivity index is 2.08. The quantitative estimate of drug-likeness (QED) is 0.607. The highest BCUT2D eigenvalue weighted by atomic mass is 15.2. The number of fused-ring (bicyclic) bond motifs is 2. The van der Waals surface area contributed by atoms with Crippen molar-refractivity contribution >= 4 is 21.8 Å². The van der Waals surface area contributed by atoms with Gasteiger partial charge in [-0.1, -0.05) is 56.3 Å². The van der Waals surface area contributed by atoms with E-state index in [1.807, 2.05) is 12.1 Å². The third kappa shape index (κ3) is 2.17. The first-order valence-electron chi connectivity index (χ1n) is 7.99. The molecule has 0 saturated carbocycles. The lowest BCUT2D eigenvalue weighted by Gasteiger charge is -2.22. The van der Waals surface area contributed by atoms with Gasteiger partial charge in [-0.25, -0.2) is 9.97 Å². The molecule has 24 heavy (non-hydrogen) atoms. The largest absolute Gasteiger partial charge is 0.330 e. The van der Waals surface area contributed by atoms with Gasteiger partial charge < -0.3 is 5.73 Å². The summed E-state index contributed by atoms with van der Waals surface area (Å²) in [6.07, 6.45) is 1.56. The molecule has 0 aliphatic carbocycles. The maximum atomic E-state index is 5.99. The van der Waals surface area contributed by atoms with E-state index in [1.165, 1.54) is 10.8 Å². The Kier molecular flexibility index (Phi) is 3.32. The van der Waals surface area contributed by atoms with Crippen LogP contribution >= 0.6 is 0 Å². The fraction of sp³-hybridized carbons (Fsp3) is 0.211. The molecule has 2 aromatic carbocycles. The molecule has 0 fully saturated rings. The lowest BCUT2D eigenvalue weighted by Crippen LogP contribution is -2.29. The molecule has 0 saturated heterocycles. The van der Waals surface area contributed by atoms with Gasteiger partial charge in [-0.15, -0.1) is 0 Å². The highest BCUT2D eigenvalue weighted by molar-refractivity contribution is 6.03. The summed E-state index contributed by atoms with van der Waals surface area (Å²) in [6.45, 7) is 4.68. The van der Waals surface area contributed by atoms with Crippen molar-refractivity contribution < 1.29 is 0 Å². The number of nitrogens with one attached hydrogen (secondary N) is 1. The minimum atomic E-state index is -0.260. The number of H-pyrrole nitrogens is 1. The first kappa shape index (κ1) is 14.8. The van der Waals surface area contributed by atoms with Crippen molar-refractivity contribution in [2.24, 2.45) is 5.73 Å². The molecular weight excluding hydrogens is 298 g/mol. The fourth-order valence-electron chi connectivity index (χ4n) is 3.10. The van der Waals surface area contributed by atoms with Crippen LogP contribution in [0.25, 0.3) is 33.1 Å². The molecule has 0 aliphatic rings. The van der Waals surface area contributed by atoms with Gasteiger partial charge in [0.25, 0.3) is 0 Å². The van der Waals surface area contributed by atoms with Gasteiger partial charge in [0.2, 0.25) is 0 Å². The molecule has 4 aromatic rings. The molecular formula is C19H19N5. The van der Waals surface area contributed by atoms with Crippen molar-refractivity contribution in [3.63, 3.8) is 0 Å². The fourth-order valence-corrected chi connectivity index (χ4v) is 3.10. The Morgan fingerprint density at radius 2 is 1.83 bits per heavy atom. The van der Waals surface area contributed by atoms with Crippen LogP contribution in [-0.2, 0) is 5.41 Å². The number of rotatable bonds is 3. The molecule has 0 amide bonds. The Morgan fingerprint density at radius 1 is 1.04 bits per heavy atom. The van der Waals surface area contributed by atoms with Gasteiger partial charge in [0.15, 0.2) is 5.65 Å². The molecule has 0 radical (unpaired) electrons. The monoisotopic (exact) mass is 317 g/mol. The zero-order valence-corrected chi connectivity index (χ0v) is 13.7. The molecule has 0 unspecified atom stereocenters. The third-order valence-corrected chi connectivity index (χ3v) is 4.56. The van der Waals surface area contributed by atoms with Gasteiger partial charge >= 0.3 is 0 Å². The number of nitrogens with zero attached hydrogens (tertiary/aromatic N) is 3. The molecule has 5 nitrogen and oxygen atoms in total. The van der Waals surface area contributed by atoms with Crippen molar-refractivity contribution in [1.82, 2.24) is 20.2 Å². The predicted octanol–water partition coefficient (Wildman–Crippen LogP) is 3.41. The van der Waals surface area contributed by atoms with E-state index in [4.69, 9.17) is 5.73 Å². The van der Waals surface area contributed by atoms with E-state index in [-0.39, 0.29) is 5.41 Å². The average molecular weight is 317 g/mol. The van der Waals surface area contributed by atoms with E-state index in [2.05, 4.69) is 64.3 Å². The van der Waals surface area contributed by atoms with Crippen LogP contribution in [0.5, 0.6) is 0 Å². The summed E-state index contributed by atoms with van der Waals surface area (Å²) in [4.78, 5) is 8.86. The summed E-state index contributed by atoms with van der Waals surface area (Å²) < 4.78 is 0. The number of hydrogen-bond acceptors (Lipinski definition) is 4. The smallest absolute Gasteiger partial charge is 0.184 e. The van der Waals surface area contributed by atoms with Gasteiger partial charge in [0, 0.05) is 17.5 Å². The lowest BCUT2D eigenvalue weighted by atomic mass is 9.86. The van der Waals surface area contributed by atoms with E-state index in [0.29, 0.717) is 12.2 Å². The number of aromatic nitrogens is 4. The van der Waals surface area contributed by atoms with Crippen molar-refractivity contribution in [1.29, 1.82) is 0 Å². The minimum Gasteiger partial charge on any atom is -0.330 e. The lowest BCUT2D eigenvalue weighted by molar-refractivity contribution is 0.526. The molecule has 0 bridgehead atoms. The first-order chi connectivity index (χ1) is 11.6. The molecule has 2 aromatic heterocycles. The summed E-state index contributed by atoms with van der Waals surface area (Å²) in [5.41, 5.74) is 9.36. The number of benzene rings is 2. The second-order valence-electron chi connectivity index (χ2n) is 6.63. The molecule has 0 aliphatic heterocycles. The first-order valence-corrected chi connectivity index (χ1v) is 7.99. The topological polar surface area (TPSA) is 80.5 Å². The van der Waals surface area contributed by atoms with Crippen molar-refractivity contribution in [2.75, 3.05) is 6.54 Å². The molecule has 0 spiro atoms. The van der Waals surface area contributed by atoms with E-state index in [1.54, 1.807) is 6.33 Å². The van der Waals surface area contributed by atoms with Gasteiger partial charge in [-0.05, 0) is 10.8 Å². The van der Waals surface area contributed by atoms with Crippen LogP contribution in [0, 0.1) is 0 Å². The molecule has 5 heteroatoms. The Labute approximate surface area is 139 Å². The predicted molar refractivity (Wildman–Crippen MR) is 96.7 cm³/mol. The Morgan fingerprint density at radius 3 is 2.67 bits per heavy atom. The van der Waals surface area contributed by atoms with Crippen LogP contribution in [0.4, 0.5) is 0 Å². The number of nitrogens with two attached hydrogens (primary N) is 1. The Hall–Kier alpha value is -2.79. The molecule has 120 valence electrons. The normalized spacial score (nSPS) is 12.1. The van der Waals surface area contributed by atoms with Crippen LogP contribution in [0.2, 0.25) is 0 Å². The average Bonchev–Trinajstić information content (AvgIpc) is 3.05. The summed E-state index contributed by atoms with van der Waals surface area (Å²) in [5, 5.41) is 10.9. The van der Waals surface area contributed by atoms with Crippen LogP contribution in [0.15, 0.2) is 48.8 Å². The zero-order valence-electron chi connectivity index (χ0n) is 13.7. The summed E-state index contributed by atoms with van der Waals surface area (Å²) in [6, 6.07) is 14.6. The number of hydrogen-bond donors (Lipinski definition) is 2. The van der Waals surface area contributed by atoms with E-state index < -0.39 is 0 Å². The van der Waals surface area contributed by atoms with Gasteiger partial charge in [-0.3, -0.25) is 5.10 Å². The third-order valence-electron chi connectivity index (χ3n) is 4.56. The second-order valence-corrected chi connectivity index (χ2v) is 6.63. The Bertz CT molecular complexity index is 1030. The summed E-state index contributed by atoms with van der Waals surface area (Å²) in [5.74, 6) is 0. The van der Waals surface area contributed by atoms with Crippen molar-refractivity contribution in [2.45, 2.75) is 19.3 Å². The highest BCUT2D eigenvalue weighted by Crippen LogP contribution is 2.35. The standard InChI is InChI=1S/C19H19N5/c1-19(2,10-20)17-15-16(23-24-18(15)22-11-21-17)14-9-5-7-12-6-3-4-8-13(12)14/h3-9,11H,10,20H2,1-2H3,(H,21,22,23,24). The second kappa shape index (κ2) is 5.39. The maximum absolute atomic E-state index is 5.99. The van der Waals surface area contributed by atoms with E-state index >= 15 is 0 Å². The molecule has 4 rings (SSSR count). The van der Waals surface area contributed by atoms with Crippen molar-refractivity contribution in [3.8, 4) is 11.3 Å². The molecule has 0 atom stereocenters. The van der Waals surface area contributed by atoms with E-state index in [0.717, 1.165) is 22.3 Å². The highest BCUT2D eigenvalue weighted by Gasteiger charge is 2.26.